The number of halogens is 1. The number of nitrogens with one attached hydrogen (secondary N) is 1. The summed E-state index contributed by atoms with van der Waals surface area (Å²) >= 11 is 5.69. The molecule has 0 aliphatic heterocycles. The van der Waals surface area contributed by atoms with Crippen molar-refractivity contribution >= 4 is 27.4 Å². The van der Waals surface area contributed by atoms with Crippen molar-refractivity contribution in [3.05, 3.63) is 35.7 Å². The van der Waals surface area contributed by atoms with Crippen molar-refractivity contribution in [1.29, 1.82) is 0 Å². The fourth-order valence-electron chi connectivity index (χ4n) is 1.58. The van der Waals surface area contributed by atoms with Gasteiger partial charge in [0.2, 0.25) is 0 Å². The average Bonchev–Trinajstić information content (AvgIpc) is 2.46. The van der Waals surface area contributed by atoms with Crippen LogP contribution in [0.15, 0.2) is 35.5 Å². The van der Waals surface area contributed by atoms with E-state index in [1.54, 1.807) is 0 Å². The molecular weight excluding hydrogens is 318 g/mol. The first-order valence-electron chi connectivity index (χ1n) is 5.68. The molecule has 0 aliphatic carbocycles. The predicted octanol–water partition coefficient (Wildman–Crippen LogP) is 1.95. The van der Waals surface area contributed by atoms with Gasteiger partial charge in [0, 0.05) is 12.1 Å². The number of aromatic nitrogens is 2. The first kappa shape index (κ1) is 15.3. The van der Waals surface area contributed by atoms with Crippen LogP contribution in [-0.2, 0) is 10.0 Å². The van der Waals surface area contributed by atoms with Crippen LogP contribution >= 0.6 is 11.6 Å². The minimum atomic E-state index is -3.88. The van der Waals surface area contributed by atoms with Crippen molar-refractivity contribution in [2.45, 2.75) is 4.90 Å². The standard InChI is InChI=1S/C12H12ClN3O4S/c1-19-8-3-4-10(9(5-8)20-2)21(17,18)16-12-6-11(13)14-7-15-12/h3-7H,1-2H3,(H,14,15,16). The van der Waals surface area contributed by atoms with Gasteiger partial charge in [-0.2, -0.15) is 0 Å². The largest absolute Gasteiger partial charge is 0.497 e. The summed E-state index contributed by atoms with van der Waals surface area (Å²) in [5.74, 6) is 0.700. The van der Waals surface area contributed by atoms with E-state index in [9.17, 15) is 8.42 Å². The normalized spacial score (nSPS) is 11.0. The van der Waals surface area contributed by atoms with Gasteiger partial charge in [0.05, 0.1) is 14.2 Å². The van der Waals surface area contributed by atoms with E-state index in [0.29, 0.717) is 5.75 Å². The molecule has 0 spiro atoms. The fraction of sp³-hybridized carbons (Fsp3) is 0.167. The second kappa shape index (κ2) is 6.15. The van der Waals surface area contributed by atoms with Gasteiger partial charge in [0.25, 0.3) is 10.0 Å². The van der Waals surface area contributed by atoms with Crippen LogP contribution in [-0.4, -0.2) is 32.6 Å². The molecule has 0 saturated carbocycles. The van der Waals surface area contributed by atoms with Gasteiger partial charge in [-0.05, 0) is 12.1 Å². The number of rotatable bonds is 5. The number of ether oxygens (including phenoxy) is 2. The van der Waals surface area contributed by atoms with Crippen molar-refractivity contribution in [1.82, 2.24) is 9.97 Å². The summed E-state index contributed by atoms with van der Waals surface area (Å²) in [6.45, 7) is 0. The zero-order valence-corrected chi connectivity index (χ0v) is 12.8. The maximum absolute atomic E-state index is 12.4. The number of sulfonamides is 1. The quantitative estimate of drug-likeness (QED) is 0.843. The third-order valence-electron chi connectivity index (χ3n) is 2.53. The summed E-state index contributed by atoms with van der Waals surface area (Å²) in [7, 11) is -1.03. The Morgan fingerprint density at radius 3 is 2.52 bits per heavy atom. The summed E-state index contributed by atoms with van der Waals surface area (Å²) in [6.07, 6.45) is 1.16. The Morgan fingerprint density at radius 1 is 1.14 bits per heavy atom. The lowest BCUT2D eigenvalue weighted by molar-refractivity contribution is 0.386. The summed E-state index contributed by atoms with van der Waals surface area (Å²) < 4.78 is 37.1. The Kier molecular flexibility index (Phi) is 4.49. The van der Waals surface area contributed by atoms with E-state index in [0.717, 1.165) is 6.33 Å². The first-order chi connectivity index (χ1) is 9.96. The van der Waals surface area contributed by atoms with Crippen LogP contribution in [0.4, 0.5) is 5.82 Å². The molecule has 0 aliphatic rings. The summed E-state index contributed by atoms with van der Waals surface area (Å²) in [6, 6.07) is 5.67. The Balaban J connectivity index is 2.40. The lowest BCUT2D eigenvalue weighted by Gasteiger charge is -2.12. The van der Waals surface area contributed by atoms with E-state index in [4.69, 9.17) is 21.1 Å². The van der Waals surface area contributed by atoms with Crippen LogP contribution < -0.4 is 14.2 Å². The molecule has 9 heteroatoms. The van der Waals surface area contributed by atoms with Crippen molar-refractivity contribution in [3.63, 3.8) is 0 Å². The second-order valence-electron chi connectivity index (χ2n) is 3.85. The van der Waals surface area contributed by atoms with Gasteiger partial charge in [0.15, 0.2) is 0 Å². The molecule has 112 valence electrons. The van der Waals surface area contributed by atoms with Crippen LogP contribution in [0.25, 0.3) is 0 Å². The highest BCUT2D eigenvalue weighted by atomic mass is 35.5. The van der Waals surface area contributed by atoms with Gasteiger partial charge in [-0.25, -0.2) is 18.4 Å². The zero-order chi connectivity index (χ0) is 15.5. The molecule has 21 heavy (non-hydrogen) atoms. The third-order valence-corrected chi connectivity index (χ3v) is 4.13. The highest BCUT2D eigenvalue weighted by molar-refractivity contribution is 7.92. The van der Waals surface area contributed by atoms with Crippen LogP contribution in [0.5, 0.6) is 11.5 Å². The van der Waals surface area contributed by atoms with Crippen molar-refractivity contribution in [2.24, 2.45) is 0 Å². The number of methoxy groups -OCH3 is 2. The average molecular weight is 330 g/mol. The number of benzene rings is 1. The maximum atomic E-state index is 12.4. The van der Waals surface area contributed by atoms with Crippen LogP contribution in [0.1, 0.15) is 0 Å². The van der Waals surface area contributed by atoms with Gasteiger partial charge in [-0.15, -0.1) is 0 Å². The topological polar surface area (TPSA) is 90.4 Å². The van der Waals surface area contributed by atoms with Crippen LogP contribution in [0, 0.1) is 0 Å². The second-order valence-corrected chi connectivity index (χ2v) is 5.89. The van der Waals surface area contributed by atoms with Gasteiger partial charge in [-0.1, -0.05) is 11.6 Å². The molecule has 0 atom stereocenters. The lowest BCUT2D eigenvalue weighted by atomic mass is 10.3. The number of hydrogen-bond acceptors (Lipinski definition) is 6. The van der Waals surface area contributed by atoms with Gasteiger partial charge < -0.3 is 9.47 Å². The molecule has 2 aromatic rings. The van der Waals surface area contributed by atoms with E-state index in [1.807, 2.05) is 0 Å². The zero-order valence-electron chi connectivity index (χ0n) is 11.2. The summed E-state index contributed by atoms with van der Waals surface area (Å²) in [4.78, 5) is 7.42. The first-order valence-corrected chi connectivity index (χ1v) is 7.55. The van der Waals surface area contributed by atoms with Gasteiger partial charge in [0.1, 0.15) is 33.7 Å². The molecule has 0 unspecified atom stereocenters. The maximum Gasteiger partial charge on any atom is 0.266 e. The van der Waals surface area contributed by atoms with Crippen molar-refractivity contribution < 1.29 is 17.9 Å². The molecule has 1 heterocycles. The van der Waals surface area contributed by atoms with E-state index in [1.165, 1.54) is 38.5 Å². The molecule has 0 radical (unpaired) electrons. The Bertz CT molecular complexity index is 752. The summed E-state index contributed by atoms with van der Waals surface area (Å²) in [5.41, 5.74) is 0. The Morgan fingerprint density at radius 2 is 1.90 bits per heavy atom. The monoisotopic (exact) mass is 329 g/mol. The molecule has 7 nitrogen and oxygen atoms in total. The molecular formula is C12H12ClN3O4S. The third kappa shape index (κ3) is 3.53. The number of nitrogens with zero attached hydrogens (tertiary/aromatic N) is 2. The molecule has 2 rings (SSSR count). The van der Waals surface area contributed by atoms with Crippen LogP contribution in [0.3, 0.4) is 0 Å². The van der Waals surface area contributed by atoms with E-state index >= 15 is 0 Å². The molecule has 0 bridgehead atoms. The number of anilines is 1. The SMILES string of the molecule is COc1ccc(S(=O)(=O)Nc2cc(Cl)ncn2)c(OC)c1. The molecule has 0 amide bonds. The van der Waals surface area contributed by atoms with Gasteiger partial charge >= 0.3 is 0 Å². The molecule has 1 aromatic carbocycles. The smallest absolute Gasteiger partial charge is 0.266 e. The Hall–Kier alpha value is -2.06. The minimum Gasteiger partial charge on any atom is -0.497 e. The highest BCUT2D eigenvalue weighted by Gasteiger charge is 2.21. The van der Waals surface area contributed by atoms with Gasteiger partial charge in [-0.3, -0.25) is 4.72 Å². The highest BCUT2D eigenvalue weighted by Crippen LogP contribution is 2.29. The van der Waals surface area contributed by atoms with Crippen LogP contribution in [0.2, 0.25) is 5.15 Å². The molecule has 1 aromatic heterocycles. The minimum absolute atomic E-state index is 0.0412. The van der Waals surface area contributed by atoms with E-state index < -0.39 is 10.0 Å². The predicted molar refractivity (Wildman–Crippen MR) is 77.4 cm³/mol. The Labute approximate surface area is 126 Å². The van der Waals surface area contributed by atoms with E-state index in [-0.39, 0.29) is 21.6 Å². The fourth-order valence-corrected chi connectivity index (χ4v) is 2.88. The van der Waals surface area contributed by atoms with E-state index in [2.05, 4.69) is 14.7 Å². The molecule has 1 N–H and O–H groups in total. The number of hydrogen-bond donors (Lipinski definition) is 1. The molecule has 0 fully saturated rings. The lowest BCUT2D eigenvalue weighted by Crippen LogP contribution is -2.15. The molecule has 0 saturated heterocycles. The summed E-state index contributed by atoms with van der Waals surface area (Å²) in [5, 5.41) is 0.129. The van der Waals surface area contributed by atoms with Crippen molar-refractivity contribution in [3.8, 4) is 11.5 Å². The van der Waals surface area contributed by atoms with Crippen molar-refractivity contribution in [2.75, 3.05) is 18.9 Å².